The van der Waals surface area contributed by atoms with Crippen molar-refractivity contribution in [2.24, 2.45) is 0 Å². The van der Waals surface area contributed by atoms with Gasteiger partial charge >= 0.3 is 0 Å². The van der Waals surface area contributed by atoms with E-state index in [2.05, 4.69) is 5.10 Å². The number of hydrogen-bond donors (Lipinski definition) is 0. The molecular formula is C18H22ClN3O. The van der Waals surface area contributed by atoms with Crippen molar-refractivity contribution in [2.75, 3.05) is 7.05 Å². The first-order valence-corrected chi connectivity index (χ1v) is 8.53. The van der Waals surface area contributed by atoms with Gasteiger partial charge < -0.3 is 4.90 Å². The number of nitrogens with zero attached hydrogens (tertiary/aromatic N) is 3. The normalized spacial score (nSPS) is 15.6. The van der Waals surface area contributed by atoms with Gasteiger partial charge in [-0.1, -0.05) is 30.9 Å². The predicted octanol–water partition coefficient (Wildman–Crippen LogP) is 4.24. The maximum atomic E-state index is 12.8. The maximum absolute atomic E-state index is 12.8. The molecule has 4 nitrogen and oxygen atoms in total. The molecule has 1 aromatic carbocycles. The van der Waals surface area contributed by atoms with Gasteiger partial charge in [-0.3, -0.25) is 4.79 Å². The van der Waals surface area contributed by atoms with Gasteiger partial charge in [0.1, 0.15) is 0 Å². The summed E-state index contributed by atoms with van der Waals surface area (Å²) in [7, 11) is 1.91. The average Bonchev–Trinajstić information content (AvgIpc) is 2.96. The monoisotopic (exact) mass is 331 g/mol. The van der Waals surface area contributed by atoms with Crippen molar-refractivity contribution in [3.05, 3.63) is 46.7 Å². The van der Waals surface area contributed by atoms with Gasteiger partial charge in [0.05, 0.1) is 23.1 Å². The molecule has 0 N–H and O–H groups in total. The Morgan fingerprint density at radius 3 is 2.52 bits per heavy atom. The van der Waals surface area contributed by atoms with E-state index in [1.54, 1.807) is 10.9 Å². The SMILES string of the molecule is Cc1c(C(=O)N(C)C2CCCCC2)cnn1-c1ccc(Cl)cc1. The molecule has 1 fully saturated rings. The zero-order valence-electron chi connectivity index (χ0n) is 13.6. The van der Waals surface area contributed by atoms with Crippen molar-refractivity contribution in [2.45, 2.75) is 45.1 Å². The molecule has 0 unspecified atom stereocenters. The quantitative estimate of drug-likeness (QED) is 0.843. The van der Waals surface area contributed by atoms with E-state index in [-0.39, 0.29) is 5.91 Å². The Bertz CT molecular complexity index is 687. The topological polar surface area (TPSA) is 38.1 Å². The Morgan fingerprint density at radius 2 is 1.87 bits per heavy atom. The third kappa shape index (κ3) is 3.27. The molecule has 0 spiro atoms. The van der Waals surface area contributed by atoms with Crippen LogP contribution in [-0.4, -0.2) is 33.7 Å². The number of halogens is 1. The van der Waals surface area contributed by atoms with Crippen molar-refractivity contribution in [3.8, 4) is 5.69 Å². The lowest BCUT2D eigenvalue weighted by molar-refractivity contribution is 0.0695. The Kier molecular flexibility index (Phi) is 4.71. The molecule has 0 saturated heterocycles. The van der Waals surface area contributed by atoms with E-state index in [0.29, 0.717) is 16.6 Å². The number of hydrogen-bond acceptors (Lipinski definition) is 2. The predicted molar refractivity (Wildman–Crippen MR) is 92.3 cm³/mol. The Hall–Kier alpha value is -1.81. The van der Waals surface area contributed by atoms with Crippen LogP contribution in [-0.2, 0) is 0 Å². The van der Waals surface area contributed by atoms with Gasteiger partial charge in [-0.25, -0.2) is 4.68 Å². The third-order valence-corrected chi connectivity index (χ3v) is 5.01. The molecule has 0 atom stereocenters. The Balaban J connectivity index is 1.83. The lowest BCUT2D eigenvalue weighted by atomic mass is 9.94. The van der Waals surface area contributed by atoms with Crippen molar-refractivity contribution in [3.63, 3.8) is 0 Å². The van der Waals surface area contributed by atoms with Gasteiger partial charge in [0.2, 0.25) is 0 Å². The lowest BCUT2D eigenvalue weighted by Gasteiger charge is -2.31. The summed E-state index contributed by atoms with van der Waals surface area (Å²) in [6.45, 7) is 1.93. The highest BCUT2D eigenvalue weighted by Crippen LogP contribution is 2.24. The van der Waals surface area contributed by atoms with E-state index in [0.717, 1.165) is 24.2 Å². The van der Waals surface area contributed by atoms with Crippen LogP contribution >= 0.6 is 11.6 Å². The maximum Gasteiger partial charge on any atom is 0.257 e. The standard InChI is InChI=1S/C18H22ClN3O/c1-13-17(18(23)21(2)15-6-4-3-5-7-15)12-20-22(13)16-10-8-14(19)9-11-16/h8-12,15H,3-7H2,1-2H3. The minimum absolute atomic E-state index is 0.0645. The van der Waals surface area contributed by atoms with Crippen LogP contribution in [0.15, 0.2) is 30.5 Å². The Morgan fingerprint density at radius 1 is 1.22 bits per heavy atom. The zero-order chi connectivity index (χ0) is 16.4. The molecule has 1 aliphatic carbocycles. The first kappa shape index (κ1) is 16.1. The molecule has 1 amide bonds. The van der Waals surface area contributed by atoms with E-state index < -0.39 is 0 Å². The van der Waals surface area contributed by atoms with Gasteiger partial charge in [0, 0.05) is 18.1 Å². The molecule has 0 bridgehead atoms. The van der Waals surface area contributed by atoms with Gasteiger partial charge in [-0.15, -0.1) is 0 Å². The largest absolute Gasteiger partial charge is 0.339 e. The molecular weight excluding hydrogens is 310 g/mol. The van der Waals surface area contributed by atoms with Crippen LogP contribution in [0.25, 0.3) is 5.69 Å². The molecule has 23 heavy (non-hydrogen) atoms. The van der Waals surface area contributed by atoms with Crippen molar-refractivity contribution in [1.82, 2.24) is 14.7 Å². The molecule has 2 aromatic rings. The van der Waals surface area contributed by atoms with E-state index in [4.69, 9.17) is 11.6 Å². The number of benzene rings is 1. The molecule has 1 aliphatic rings. The van der Waals surface area contributed by atoms with Gasteiger partial charge in [0.25, 0.3) is 5.91 Å². The number of carbonyl (C=O) groups excluding carboxylic acids is 1. The highest BCUT2D eigenvalue weighted by Gasteiger charge is 2.25. The first-order valence-electron chi connectivity index (χ1n) is 8.15. The van der Waals surface area contributed by atoms with Crippen molar-refractivity contribution in [1.29, 1.82) is 0 Å². The van der Waals surface area contributed by atoms with E-state index >= 15 is 0 Å². The van der Waals surface area contributed by atoms with Crippen LogP contribution in [0.5, 0.6) is 0 Å². The van der Waals surface area contributed by atoms with Crippen molar-refractivity contribution >= 4 is 17.5 Å². The summed E-state index contributed by atoms with van der Waals surface area (Å²) >= 11 is 5.93. The molecule has 1 saturated carbocycles. The number of aromatic nitrogens is 2. The van der Waals surface area contributed by atoms with E-state index in [1.807, 2.05) is 43.1 Å². The average molecular weight is 332 g/mol. The molecule has 0 radical (unpaired) electrons. The number of rotatable bonds is 3. The second kappa shape index (κ2) is 6.75. The minimum atomic E-state index is 0.0645. The fourth-order valence-electron chi connectivity index (χ4n) is 3.29. The van der Waals surface area contributed by atoms with Gasteiger partial charge in [-0.05, 0) is 44.0 Å². The second-order valence-corrected chi connectivity index (χ2v) is 6.68. The fourth-order valence-corrected chi connectivity index (χ4v) is 3.41. The van der Waals surface area contributed by atoms with Crippen LogP contribution in [0.3, 0.4) is 0 Å². The van der Waals surface area contributed by atoms with Crippen LogP contribution in [0.2, 0.25) is 5.02 Å². The molecule has 3 rings (SSSR count). The van der Waals surface area contributed by atoms with E-state index in [1.165, 1.54) is 19.3 Å². The number of carbonyl (C=O) groups is 1. The third-order valence-electron chi connectivity index (χ3n) is 4.75. The van der Waals surface area contributed by atoms with Gasteiger partial charge in [0.15, 0.2) is 0 Å². The van der Waals surface area contributed by atoms with Crippen molar-refractivity contribution < 1.29 is 4.79 Å². The molecule has 122 valence electrons. The smallest absolute Gasteiger partial charge is 0.257 e. The van der Waals surface area contributed by atoms with Crippen LogP contribution in [0, 0.1) is 6.92 Å². The minimum Gasteiger partial charge on any atom is -0.339 e. The van der Waals surface area contributed by atoms with E-state index in [9.17, 15) is 4.79 Å². The summed E-state index contributed by atoms with van der Waals surface area (Å²) < 4.78 is 1.79. The first-order chi connectivity index (χ1) is 11.1. The molecule has 1 aromatic heterocycles. The summed E-state index contributed by atoms with van der Waals surface area (Å²) in [5.41, 5.74) is 2.44. The number of amides is 1. The molecule has 0 aliphatic heterocycles. The lowest BCUT2D eigenvalue weighted by Crippen LogP contribution is -2.38. The molecule has 5 heteroatoms. The summed E-state index contributed by atoms with van der Waals surface area (Å²) in [5, 5.41) is 5.08. The summed E-state index contributed by atoms with van der Waals surface area (Å²) in [6, 6.07) is 7.82. The second-order valence-electron chi connectivity index (χ2n) is 6.24. The van der Waals surface area contributed by atoms with Crippen LogP contribution in [0.4, 0.5) is 0 Å². The Labute approximate surface area is 142 Å². The highest BCUT2D eigenvalue weighted by molar-refractivity contribution is 6.30. The summed E-state index contributed by atoms with van der Waals surface area (Å²) in [6.07, 6.45) is 7.59. The fraction of sp³-hybridized carbons (Fsp3) is 0.444. The zero-order valence-corrected chi connectivity index (χ0v) is 14.4. The summed E-state index contributed by atoms with van der Waals surface area (Å²) in [4.78, 5) is 14.7. The molecule has 1 heterocycles. The van der Waals surface area contributed by atoms with Gasteiger partial charge in [-0.2, -0.15) is 5.10 Å². The highest BCUT2D eigenvalue weighted by atomic mass is 35.5. The van der Waals surface area contributed by atoms with Crippen LogP contribution < -0.4 is 0 Å². The summed E-state index contributed by atoms with van der Waals surface area (Å²) in [5.74, 6) is 0.0645. The van der Waals surface area contributed by atoms with Crippen LogP contribution in [0.1, 0.15) is 48.2 Å².